The number of nitrogens with zero attached hydrogens (tertiary/aromatic N) is 1. The molecule has 1 atom stereocenters. The highest BCUT2D eigenvalue weighted by Crippen LogP contribution is 2.19. The number of nitrogens with one attached hydrogen (secondary N) is 2. The van der Waals surface area contributed by atoms with Gasteiger partial charge in [0.15, 0.2) is 0 Å². The third kappa shape index (κ3) is 6.31. The smallest absolute Gasteiger partial charge is 0.408 e. The van der Waals surface area contributed by atoms with Gasteiger partial charge in [-0.15, -0.1) is 0 Å². The fourth-order valence-corrected chi connectivity index (χ4v) is 2.62. The van der Waals surface area contributed by atoms with Crippen molar-refractivity contribution in [1.82, 2.24) is 10.3 Å². The van der Waals surface area contributed by atoms with Gasteiger partial charge in [-0.2, -0.15) is 5.26 Å². The molecule has 1 aromatic heterocycles. The van der Waals surface area contributed by atoms with Crippen LogP contribution in [0.2, 0.25) is 0 Å². The highest BCUT2D eigenvalue weighted by atomic mass is 16.6. The predicted octanol–water partition coefficient (Wildman–Crippen LogP) is 3.82. The minimum absolute atomic E-state index is 0.233. The Morgan fingerprint density at radius 1 is 1.11 bits per heavy atom. The summed E-state index contributed by atoms with van der Waals surface area (Å²) >= 11 is 0. The molecule has 0 unspecified atom stereocenters. The number of alkyl carbamates (subject to hydrolysis) is 1. The van der Waals surface area contributed by atoms with Crippen LogP contribution in [0.4, 0.5) is 4.79 Å². The Hall–Kier alpha value is -3.01. The number of benzene rings is 1. The minimum atomic E-state index is -0.902. The van der Waals surface area contributed by atoms with Crippen LogP contribution in [0.25, 0.3) is 10.9 Å². The lowest BCUT2D eigenvalue weighted by atomic mass is 10.0. The van der Waals surface area contributed by atoms with Gasteiger partial charge in [0.1, 0.15) is 29.0 Å². The maximum Gasteiger partial charge on any atom is 0.408 e. The van der Waals surface area contributed by atoms with Crippen LogP contribution in [-0.4, -0.2) is 34.3 Å². The lowest BCUT2D eigenvalue weighted by Crippen LogP contribution is -2.47. The van der Waals surface area contributed by atoms with E-state index in [-0.39, 0.29) is 6.42 Å². The first-order valence-electron chi connectivity index (χ1n) is 9.10. The molecule has 0 bridgehead atoms. The summed E-state index contributed by atoms with van der Waals surface area (Å²) in [6.45, 7) is 10.6. The molecule has 0 aliphatic rings. The molecule has 0 spiro atoms. The molecule has 2 N–H and O–H groups in total. The normalized spacial score (nSPS) is 12.9. The highest BCUT2D eigenvalue weighted by Gasteiger charge is 2.29. The first-order valence-corrected chi connectivity index (χ1v) is 9.10. The predicted molar refractivity (Wildman–Crippen MR) is 106 cm³/mol. The third-order valence-electron chi connectivity index (χ3n) is 3.63. The maximum atomic E-state index is 12.6. The van der Waals surface area contributed by atoms with Crippen molar-refractivity contribution in [2.75, 3.05) is 0 Å². The minimum Gasteiger partial charge on any atom is -0.458 e. The van der Waals surface area contributed by atoms with Crippen LogP contribution >= 0.6 is 0 Å². The number of aromatic nitrogens is 1. The summed E-state index contributed by atoms with van der Waals surface area (Å²) in [5.41, 5.74) is 0.747. The summed E-state index contributed by atoms with van der Waals surface area (Å²) in [7, 11) is 0. The number of rotatable bonds is 4. The van der Waals surface area contributed by atoms with Gasteiger partial charge in [-0.1, -0.05) is 6.07 Å². The Labute approximate surface area is 165 Å². The van der Waals surface area contributed by atoms with Gasteiger partial charge < -0.3 is 19.8 Å². The lowest BCUT2D eigenvalue weighted by Gasteiger charge is -2.26. The van der Waals surface area contributed by atoms with Crippen LogP contribution < -0.4 is 5.32 Å². The standard InChI is InChI=1S/C21H27N3O4/c1-20(2,3)27-18(25)17(24-19(26)28-21(4,5)6)10-13-7-8-16-14(9-13)11-15(12-22)23-16/h7-9,11,17,23H,10H2,1-6H3,(H,24,26)/t17-/m0/s1. The van der Waals surface area contributed by atoms with Crippen LogP contribution in [0.15, 0.2) is 24.3 Å². The van der Waals surface area contributed by atoms with Crippen molar-refractivity contribution in [1.29, 1.82) is 5.26 Å². The van der Waals surface area contributed by atoms with E-state index in [4.69, 9.17) is 14.7 Å². The van der Waals surface area contributed by atoms with Crippen molar-refractivity contribution in [2.45, 2.75) is 65.2 Å². The first kappa shape index (κ1) is 21.3. The topological polar surface area (TPSA) is 104 Å². The van der Waals surface area contributed by atoms with E-state index in [1.54, 1.807) is 47.6 Å². The summed E-state index contributed by atoms with van der Waals surface area (Å²) in [5, 5.41) is 12.5. The Bertz CT molecular complexity index is 910. The van der Waals surface area contributed by atoms with Crippen molar-refractivity contribution in [3.05, 3.63) is 35.5 Å². The second-order valence-electron chi connectivity index (χ2n) is 8.65. The Morgan fingerprint density at radius 2 is 1.75 bits per heavy atom. The van der Waals surface area contributed by atoms with E-state index in [2.05, 4.69) is 16.4 Å². The van der Waals surface area contributed by atoms with E-state index >= 15 is 0 Å². The van der Waals surface area contributed by atoms with E-state index in [1.165, 1.54) is 0 Å². The fourth-order valence-electron chi connectivity index (χ4n) is 2.62. The second-order valence-corrected chi connectivity index (χ2v) is 8.65. The number of aromatic amines is 1. The molecule has 0 fully saturated rings. The van der Waals surface area contributed by atoms with E-state index in [0.29, 0.717) is 5.69 Å². The molecule has 150 valence electrons. The zero-order chi connectivity index (χ0) is 21.1. The lowest BCUT2D eigenvalue weighted by molar-refractivity contribution is -0.157. The van der Waals surface area contributed by atoms with E-state index < -0.39 is 29.3 Å². The number of fused-ring (bicyclic) bond motifs is 1. The van der Waals surface area contributed by atoms with E-state index in [9.17, 15) is 9.59 Å². The fraction of sp³-hybridized carbons (Fsp3) is 0.476. The molecule has 1 amide bonds. The number of carbonyl (C=O) groups is 2. The summed E-state index contributed by atoms with van der Waals surface area (Å²) in [6, 6.07) is 8.46. The molecule has 0 aliphatic heterocycles. The second kappa shape index (κ2) is 7.93. The number of ether oxygens (including phenoxy) is 2. The van der Waals surface area contributed by atoms with Crippen LogP contribution in [-0.2, 0) is 20.7 Å². The van der Waals surface area contributed by atoms with Crippen LogP contribution in [0.1, 0.15) is 52.8 Å². The van der Waals surface area contributed by atoms with Gasteiger partial charge in [-0.25, -0.2) is 9.59 Å². The Balaban J connectivity index is 2.24. The number of hydrogen-bond donors (Lipinski definition) is 2. The van der Waals surface area contributed by atoms with Crippen molar-refractivity contribution >= 4 is 23.0 Å². The van der Waals surface area contributed by atoms with Crippen molar-refractivity contribution in [3.8, 4) is 6.07 Å². The van der Waals surface area contributed by atoms with Gasteiger partial charge in [-0.05, 0) is 65.3 Å². The molecule has 0 radical (unpaired) electrons. The zero-order valence-corrected chi connectivity index (χ0v) is 17.2. The van der Waals surface area contributed by atoms with Crippen molar-refractivity contribution in [3.63, 3.8) is 0 Å². The molecule has 2 aromatic rings. The van der Waals surface area contributed by atoms with Crippen molar-refractivity contribution < 1.29 is 19.1 Å². The van der Waals surface area contributed by atoms with Gasteiger partial charge in [0.05, 0.1) is 0 Å². The Kier molecular flexibility index (Phi) is 6.03. The number of nitriles is 1. The molecule has 0 aliphatic carbocycles. The van der Waals surface area contributed by atoms with Gasteiger partial charge in [0, 0.05) is 17.3 Å². The number of amides is 1. The van der Waals surface area contributed by atoms with E-state index in [0.717, 1.165) is 16.5 Å². The molecule has 7 nitrogen and oxygen atoms in total. The summed E-state index contributed by atoms with van der Waals surface area (Å²) in [4.78, 5) is 27.8. The van der Waals surface area contributed by atoms with Crippen molar-refractivity contribution in [2.24, 2.45) is 0 Å². The molecule has 7 heteroatoms. The maximum absolute atomic E-state index is 12.6. The molecular formula is C21H27N3O4. The van der Waals surface area contributed by atoms with Gasteiger partial charge in [0.25, 0.3) is 0 Å². The largest absolute Gasteiger partial charge is 0.458 e. The number of carbonyl (C=O) groups excluding carboxylic acids is 2. The first-order chi connectivity index (χ1) is 12.9. The number of hydrogen-bond acceptors (Lipinski definition) is 5. The van der Waals surface area contributed by atoms with Crippen LogP contribution in [0.3, 0.4) is 0 Å². The molecule has 1 aromatic carbocycles. The average Bonchev–Trinajstić information content (AvgIpc) is 2.93. The number of esters is 1. The molecule has 28 heavy (non-hydrogen) atoms. The summed E-state index contributed by atoms with van der Waals surface area (Å²) < 4.78 is 10.7. The molecular weight excluding hydrogens is 358 g/mol. The quantitative estimate of drug-likeness (QED) is 0.779. The molecule has 2 rings (SSSR count). The SMILES string of the molecule is CC(C)(C)OC(=O)N[C@@H](Cc1ccc2[nH]c(C#N)cc2c1)C(=O)OC(C)(C)C. The summed E-state index contributed by atoms with van der Waals surface area (Å²) in [6.07, 6.45) is -0.449. The summed E-state index contributed by atoms with van der Waals surface area (Å²) in [5.74, 6) is -0.537. The average molecular weight is 385 g/mol. The molecule has 1 heterocycles. The zero-order valence-electron chi connectivity index (χ0n) is 17.2. The highest BCUT2D eigenvalue weighted by molar-refractivity contribution is 5.84. The van der Waals surface area contributed by atoms with Crippen LogP contribution in [0.5, 0.6) is 0 Å². The van der Waals surface area contributed by atoms with Gasteiger partial charge >= 0.3 is 12.1 Å². The Morgan fingerprint density at radius 3 is 2.32 bits per heavy atom. The van der Waals surface area contributed by atoms with Crippen LogP contribution in [0, 0.1) is 11.3 Å². The van der Waals surface area contributed by atoms with Gasteiger partial charge in [-0.3, -0.25) is 0 Å². The monoisotopic (exact) mass is 385 g/mol. The molecule has 0 saturated carbocycles. The molecule has 0 saturated heterocycles. The third-order valence-corrected chi connectivity index (χ3v) is 3.63. The van der Waals surface area contributed by atoms with E-state index in [1.807, 2.05) is 18.2 Å². The number of H-pyrrole nitrogens is 1. The van der Waals surface area contributed by atoms with Gasteiger partial charge in [0.2, 0.25) is 0 Å².